The number of allylic oxidation sites excluding steroid dienone is 5. The Hall–Kier alpha value is -1.68. The van der Waals surface area contributed by atoms with Crippen LogP contribution in [0.3, 0.4) is 0 Å². The fourth-order valence-corrected chi connectivity index (χ4v) is 3.00. The summed E-state index contributed by atoms with van der Waals surface area (Å²) in [6, 6.07) is 0. The van der Waals surface area contributed by atoms with Crippen molar-refractivity contribution in [2.75, 3.05) is 7.11 Å². The number of ether oxygens (including phenoxy) is 1. The van der Waals surface area contributed by atoms with Gasteiger partial charge < -0.3 is 9.84 Å². The largest absolute Gasteiger partial charge is 0.469 e. The Bertz CT molecular complexity index is 553. The highest BCUT2D eigenvalue weighted by Gasteiger charge is 2.40. The van der Waals surface area contributed by atoms with Gasteiger partial charge in [0.15, 0.2) is 5.78 Å². The van der Waals surface area contributed by atoms with Crippen molar-refractivity contribution in [1.29, 1.82) is 0 Å². The fraction of sp³-hybridized carbons (Fsp3) is 0.500. The maximum Gasteiger partial charge on any atom is 0.312 e. The molecule has 0 fully saturated rings. The van der Waals surface area contributed by atoms with Gasteiger partial charge >= 0.3 is 5.97 Å². The molecule has 0 aromatic rings. The van der Waals surface area contributed by atoms with Gasteiger partial charge in [-0.25, -0.2) is 0 Å². The van der Waals surface area contributed by atoms with Crippen LogP contribution in [0.5, 0.6) is 0 Å². The van der Waals surface area contributed by atoms with Crippen molar-refractivity contribution in [2.24, 2.45) is 11.3 Å². The van der Waals surface area contributed by atoms with E-state index in [9.17, 15) is 14.7 Å². The maximum absolute atomic E-state index is 11.8. The second-order valence-electron chi connectivity index (χ2n) is 5.76. The zero-order valence-corrected chi connectivity index (χ0v) is 12.3. The van der Waals surface area contributed by atoms with Crippen molar-refractivity contribution in [2.45, 2.75) is 33.3 Å². The molecule has 0 bridgehead atoms. The molecule has 0 heterocycles. The lowest BCUT2D eigenvalue weighted by atomic mass is 9.66. The Balaban J connectivity index is 2.50. The van der Waals surface area contributed by atoms with Crippen LogP contribution < -0.4 is 0 Å². The van der Waals surface area contributed by atoms with Crippen molar-refractivity contribution in [3.8, 4) is 0 Å². The monoisotopic (exact) mass is 276 g/mol. The molecule has 0 radical (unpaired) electrons. The van der Waals surface area contributed by atoms with Crippen LogP contribution in [0, 0.1) is 11.3 Å². The Morgan fingerprint density at radius 2 is 2.20 bits per heavy atom. The first-order chi connectivity index (χ1) is 9.30. The minimum atomic E-state index is -0.705. The molecular weight excluding hydrogens is 256 g/mol. The van der Waals surface area contributed by atoms with Gasteiger partial charge in [-0.3, -0.25) is 9.59 Å². The third-order valence-electron chi connectivity index (χ3n) is 4.36. The molecule has 0 saturated heterocycles. The average molecular weight is 276 g/mol. The van der Waals surface area contributed by atoms with E-state index in [1.165, 1.54) is 7.11 Å². The summed E-state index contributed by atoms with van der Waals surface area (Å²) in [5.41, 5.74) is 1.83. The van der Waals surface area contributed by atoms with Crippen LogP contribution in [-0.4, -0.2) is 30.1 Å². The van der Waals surface area contributed by atoms with Gasteiger partial charge in [-0.05, 0) is 37.5 Å². The fourth-order valence-electron chi connectivity index (χ4n) is 3.00. The smallest absolute Gasteiger partial charge is 0.312 e. The van der Waals surface area contributed by atoms with Gasteiger partial charge in [0.1, 0.15) is 0 Å². The Kier molecular flexibility index (Phi) is 3.69. The Morgan fingerprint density at radius 3 is 2.80 bits per heavy atom. The molecule has 108 valence electrons. The van der Waals surface area contributed by atoms with E-state index in [-0.39, 0.29) is 17.2 Å². The number of aliphatic hydroxyl groups excluding tert-OH is 1. The minimum Gasteiger partial charge on any atom is -0.469 e. The van der Waals surface area contributed by atoms with Crippen molar-refractivity contribution >= 4 is 11.8 Å². The van der Waals surface area contributed by atoms with Crippen LogP contribution >= 0.6 is 0 Å². The normalized spacial score (nSPS) is 30.8. The number of esters is 1. The van der Waals surface area contributed by atoms with E-state index >= 15 is 0 Å². The lowest BCUT2D eigenvalue weighted by molar-refractivity contribution is -0.144. The molecule has 2 rings (SSSR count). The number of ketones is 1. The molecule has 0 amide bonds. The standard InChI is InChI=1S/C16H20O4/c1-9(15(19)20-4)11-7-12-10(2)13(17)5-6-16(12,3)8-14(11)18/h5-7,9,14,18H,8H2,1-4H3/t9-,14-,16+/m0/s1. The van der Waals surface area contributed by atoms with E-state index in [2.05, 4.69) is 0 Å². The Morgan fingerprint density at radius 1 is 1.55 bits per heavy atom. The molecule has 1 N–H and O–H groups in total. The lowest BCUT2D eigenvalue weighted by Gasteiger charge is -2.39. The first-order valence-corrected chi connectivity index (χ1v) is 6.72. The summed E-state index contributed by atoms with van der Waals surface area (Å²) in [6.45, 7) is 5.49. The van der Waals surface area contributed by atoms with E-state index in [0.717, 1.165) is 5.57 Å². The second-order valence-corrected chi connectivity index (χ2v) is 5.76. The first-order valence-electron chi connectivity index (χ1n) is 6.72. The summed E-state index contributed by atoms with van der Waals surface area (Å²) in [7, 11) is 1.33. The van der Waals surface area contributed by atoms with Gasteiger partial charge in [0, 0.05) is 11.0 Å². The Labute approximate surface area is 118 Å². The van der Waals surface area contributed by atoms with E-state index < -0.39 is 12.0 Å². The highest BCUT2D eigenvalue weighted by molar-refractivity contribution is 6.06. The highest BCUT2D eigenvalue weighted by Crippen LogP contribution is 2.45. The van der Waals surface area contributed by atoms with Crippen LogP contribution in [0.15, 0.2) is 34.9 Å². The molecule has 0 spiro atoms. The molecule has 3 atom stereocenters. The van der Waals surface area contributed by atoms with Crippen LogP contribution in [0.1, 0.15) is 27.2 Å². The molecule has 2 aliphatic carbocycles. The molecule has 0 aromatic carbocycles. The molecule has 4 nitrogen and oxygen atoms in total. The van der Waals surface area contributed by atoms with Gasteiger partial charge in [0.05, 0.1) is 19.1 Å². The molecule has 2 aliphatic rings. The van der Waals surface area contributed by atoms with Crippen molar-refractivity contribution in [3.63, 3.8) is 0 Å². The number of carbonyl (C=O) groups is 2. The topological polar surface area (TPSA) is 63.6 Å². The number of aliphatic hydroxyl groups is 1. The third kappa shape index (κ3) is 2.24. The van der Waals surface area contributed by atoms with Crippen molar-refractivity contribution in [1.82, 2.24) is 0 Å². The van der Waals surface area contributed by atoms with E-state index in [0.29, 0.717) is 17.6 Å². The summed E-state index contributed by atoms with van der Waals surface area (Å²) in [5, 5.41) is 10.3. The average Bonchev–Trinajstić information content (AvgIpc) is 2.41. The predicted molar refractivity (Wildman–Crippen MR) is 74.8 cm³/mol. The lowest BCUT2D eigenvalue weighted by Crippen LogP contribution is -2.36. The number of rotatable bonds is 2. The minimum absolute atomic E-state index is 0.0183. The summed E-state index contributed by atoms with van der Waals surface area (Å²) in [6.07, 6.45) is 4.97. The maximum atomic E-state index is 11.8. The quantitative estimate of drug-likeness (QED) is 0.783. The van der Waals surface area contributed by atoms with E-state index in [1.54, 1.807) is 26.0 Å². The number of fused-ring (bicyclic) bond motifs is 1. The molecular formula is C16H20O4. The summed E-state index contributed by atoms with van der Waals surface area (Å²) < 4.78 is 4.73. The van der Waals surface area contributed by atoms with Gasteiger partial charge in [-0.1, -0.05) is 19.1 Å². The molecule has 0 unspecified atom stereocenters. The summed E-state index contributed by atoms with van der Waals surface area (Å²) >= 11 is 0. The molecule has 0 aromatic heterocycles. The van der Waals surface area contributed by atoms with Gasteiger partial charge in [0.2, 0.25) is 0 Å². The van der Waals surface area contributed by atoms with Gasteiger partial charge in [0.25, 0.3) is 0 Å². The van der Waals surface area contributed by atoms with E-state index in [1.807, 2.05) is 13.0 Å². The molecule has 0 saturated carbocycles. The molecule has 4 heteroatoms. The number of hydrogen-bond acceptors (Lipinski definition) is 4. The zero-order valence-electron chi connectivity index (χ0n) is 12.3. The second kappa shape index (κ2) is 5.02. The molecule has 20 heavy (non-hydrogen) atoms. The van der Waals surface area contributed by atoms with Crippen LogP contribution in [-0.2, 0) is 14.3 Å². The van der Waals surface area contributed by atoms with Crippen molar-refractivity contribution in [3.05, 3.63) is 34.9 Å². The number of hydrogen-bond donors (Lipinski definition) is 1. The van der Waals surface area contributed by atoms with Gasteiger partial charge in [-0.2, -0.15) is 0 Å². The first kappa shape index (κ1) is 14.7. The van der Waals surface area contributed by atoms with E-state index in [4.69, 9.17) is 4.74 Å². The summed E-state index contributed by atoms with van der Waals surface area (Å²) in [5.74, 6) is -0.911. The molecule has 0 aliphatic heterocycles. The SMILES string of the molecule is COC(=O)[C@@H](C)C1=CC2=C(C)C(=O)C=C[C@]2(C)C[C@@H]1O. The zero-order chi connectivity index (χ0) is 15.1. The highest BCUT2D eigenvalue weighted by atomic mass is 16.5. The number of methoxy groups -OCH3 is 1. The predicted octanol–water partition coefficient (Wildman–Crippen LogP) is 1.95. The van der Waals surface area contributed by atoms with Crippen molar-refractivity contribution < 1.29 is 19.4 Å². The van der Waals surface area contributed by atoms with Crippen LogP contribution in [0.4, 0.5) is 0 Å². The van der Waals surface area contributed by atoms with Crippen LogP contribution in [0.2, 0.25) is 0 Å². The summed E-state index contributed by atoms with van der Waals surface area (Å²) in [4.78, 5) is 23.5. The van der Waals surface area contributed by atoms with Gasteiger partial charge in [-0.15, -0.1) is 0 Å². The van der Waals surface area contributed by atoms with Crippen LogP contribution in [0.25, 0.3) is 0 Å². The number of carbonyl (C=O) groups excluding carboxylic acids is 2. The third-order valence-corrected chi connectivity index (χ3v) is 4.36.